The summed E-state index contributed by atoms with van der Waals surface area (Å²) in [6, 6.07) is 6.15. The number of aliphatic hydroxyl groups excluding tert-OH is 1. The number of furan rings is 1. The predicted octanol–water partition coefficient (Wildman–Crippen LogP) is 3.46. The Kier molecular flexibility index (Phi) is 4.48. The largest absolute Gasteiger partial charge is 0.466 e. The van der Waals surface area contributed by atoms with E-state index >= 15 is 0 Å². The normalized spacial score (nSPS) is 14.3. The van der Waals surface area contributed by atoms with Crippen LogP contribution in [0, 0.1) is 19.7 Å². The van der Waals surface area contributed by atoms with E-state index in [0.29, 0.717) is 17.1 Å². The topological polar surface area (TPSA) is 59.4 Å². The first-order valence-corrected chi connectivity index (χ1v) is 6.72. The highest BCUT2D eigenvalue weighted by atomic mass is 35.5. The van der Waals surface area contributed by atoms with Crippen LogP contribution in [0.4, 0.5) is 4.39 Å². The first kappa shape index (κ1) is 15.0. The fourth-order valence-corrected chi connectivity index (χ4v) is 2.73. The first-order valence-electron chi connectivity index (χ1n) is 6.34. The fraction of sp³-hybridized carbons (Fsp3) is 0.333. The highest BCUT2D eigenvalue weighted by Gasteiger charge is 2.28. The molecule has 2 unspecified atom stereocenters. The molecular formula is C15H17ClFNO2. The van der Waals surface area contributed by atoms with Gasteiger partial charge in [0.05, 0.1) is 6.10 Å². The second-order valence-corrected chi connectivity index (χ2v) is 5.20. The van der Waals surface area contributed by atoms with Crippen molar-refractivity contribution in [3.05, 3.63) is 57.8 Å². The monoisotopic (exact) mass is 297 g/mol. The van der Waals surface area contributed by atoms with Crippen LogP contribution in [-0.2, 0) is 0 Å². The lowest BCUT2D eigenvalue weighted by molar-refractivity contribution is 0.144. The molecule has 1 aromatic carbocycles. The van der Waals surface area contributed by atoms with Gasteiger partial charge in [-0.25, -0.2) is 4.39 Å². The molecule has 1 aromatic heterocycles. The van der Waals surface area contributed by atoms with Crippen LogP contribution >= 0.6 is 11.6 Å². The molecule has 20 heavy (non-hydrogen) atoms. The molecule has 0 aliphatic rings. The van der Waals surface area contributed by atoms with Gasteiger partial charge in [-0.3, -0.25) is 0 Å². The fourth-order valence-electron chi connectivity index (χ4n) is 2.43. The third kappa shape index (κ3) is 2.73. The van der Waals surface area contributed by atoms with Gasteiger partial charge in [0.2, 0.25) is 0 Å². The smallest absolute Gasteiger partial charge is 0.128 e. The van der Waals surface area contributed by atoms with Crippen molar-refractivity contribution in [1.29, 1.82) is 0 Å². The lowest BCUT2D eigenvalue weighted by Crippen LogP contribution is -2.21. The van der Waals surface area contributed by atoms with Crippen LogP contribution in [0.3, 0.4) is 0 Å². The summed E-state index contributed by atoms with van der Waals surface area (Å²) in [5.74, 6) is 0.192. The van der Waals surface area contributed by atoms with Crippen molar-refractivity contribution >= 4 is 11.6 Å². The first-order chi connectivity index (χ1) is 9.45. The highest BCUT2D eigenvalue weighted by molar-refractivity contribution is 6.31. The second kappa shape index (κ2) is 5.95. The average molecular weight is 298 g/mol. The molecule has 0 aliphatic carbocycles. The highest BCUT2D eigenvalue weighted by Crippen LogP contribution is 2.37. The van der Waals surface area contributed by atoms with E-state index in [9.17, 15) is 9.50 Å². The lowest BCUT2D eigenvalue weighted by Gasteiger charge is -2.23. The van der Waals surface area contributed by atoms with Crippen molar-refractivity contribution in [2.45, 2.75) is 25.9 Å². The summed E-state index contributed by atoms with van der Waals surface area (Å²) in [5.41, 5.74) is 6.57. The Morgan fingerprint density at radius 1 is 1.40 bits per heavy atom. The van der Waals surface area contributed by atoms with Crippen LogP contribution in [0.25, 0.3) is 0 Å². The van der Waals surface area contributed by atoms with Gasteiger partial charge in [-0.15, -0.1) is 0 Å². The van der Waals surface area contributed by atoms with Crippen molar-refractivity contribution < 1.29 is 13.9 Å². The molecule has 0 saturated heterocycles. The Morgan fingerprint density at radius 2 is 2.10 bits per heavy atom. The third-order valence-electron chi connectivity index (χ3n) is 3.40. The molecule has 0 bridgehead atoms. The molecular weight excluding hydrogens is 281 g/mol. The number of nitrogens with two attached hydrogens (primary N) is 1. The van der Waals surface area contributed by atoms with Gasteiger partial charge in [-0.1, -0.05) is 17.7 Å². The zero-order valence-corrected chi connectivity index (χ0v) is 12.1. The van der Waals surface area contributed by atoms with Gasteiger partial charge in [0.1, 0.15) is 17.3 Å². The maximum Gasteiger partial charge on any atom is 0.128 e. The molecule has 1 heterocycles. The van der Waals surface area contributed by atoms with E-state index in [1.54, 1.807) is 26.0 Å². The molecule has 0 aliphatic heterocycles. The Labute approximate surface area is 122 Å². The summed E-state index contributed by atoms with van der Waals surface area (Å²) < 4.78 is 19.4. The van der Waals surface area contributed by atoms with Crippen LogP contribution in [-0.4, -0.2) is 11.7 Å². The molecule has 3 nitrogen and oxygen atoms in total. The van der Waals surface area contributed by atoms with Crippen LogP contribution in [0.5, 0.6) is 0 Å². The quantitative estimate of drug-likeness (QED) is 0.908. The maximum absolute atomic E-state index is 14.0. The van der Waals surface area contributed by atoms with Crippen LogP contribution in [0.2, 0.25) is 5.02 Å². The molecule has 2 aromatic rings. The Bertz CT molecular complexity index is 592. The number of aliphatic hydroxyl groups is 1. The number of hydrogen-bond acceptors (Lipinski definition) is 3. The molecule has 5 heteroatoms. The number of benzene rings is 1. The number of aryl methyl sites for hydroxylation is 2. The molecule has 0 radical (unpaired) electrons. The van der Waals surface area contributed by atoms with E-state index in [1.165, 1.54) is 12.1 Å². The van der Waals surface area contributed by atoms with Crippen LogP contribution < -0.4 is 5.73 Å². The summed E-state index contributed by atoms with van der Waals surface area (Å²) in [7, 11) is 0. The number of hydrogen-bond donors (Lipinski definition) is 2. The number of rotatable bonds is 4. The van der Waals surface area contributed by atoms with Crippen molar-refractivity contribution in [1.82, 2.24) is 0 Å². The van der Waals surface area contributed by atoms with Gasteiger partial charge in [0.25, 0.3) is 0 Å². The number of halogens is 2. The second-order valence-electron chi connectivity index (χ2n) is 4.79. The van der Waals surface area contributed by atoms with E-state index in [1.807, 2.05) is 0 Å². The summed E-state index contributed by atoms with van der Waals surface area (Å²) in [6.07, 6.45) is -0.966. The van der Waals surface area contributed by atoms with Crippen LogP contribution in [0.1, 0.15) is 34.7 Å². The molecule has 0 amide bonds. The summed E-state index contributed by atoms with van der Waals surface area (Å²) >= 11 is 6.05. The Hall–Kier alpha value is -1.36. The lowest BCUT2D eigenvalue weighted by atomic mass is 9.89. The Morgan fingerprint density at radius 3 is 2.60 bits per heavy atom. The molecule has 3 N–H and O–H groups in total. The van der Waals surface area contributed by atoms with Crippen LogP contribution in [0.15, 0.2) is 28.7 Å². The van der Waals surface area contributed by atoms with E-state index < -0.39 is 17.8 Å². The summed E-state index contributed by atoms with van der Waals surface area (Å²) in [6.45, 7) is 3.62. The Balaban J connectivity index is 2.45. The molecule has 0 spiro atoms. The van der Waals surface area contributed by atoms with Crippen molar-refractivity contribution in [3.63, 3.8) is 0 Å². The van der Waals surface area contributed by atoms with E-state index in [0.717, 1.165) is 0 Å². The van der Waals surface area contributed by atoms with Gasteiger partial charge >= 0.3 is 0 Å². The predicted molar refractivity (Wildman–Crippen MR) is 76.3 cm³/mol. The summed E-state index contributed by atoms with van der Waals surface area (Å²) in [4.78, 5) is 0. The van der Waals surface area contributed by atoms with Gasteiger partial charge < -0.3 is 15.3 Å². The standard InChI is InChI=1S/C15H17ClFNO2/c1-8-6-10(9(2)20-8)15(19)11(7-18)14-12(16)4-3-5-13(14)17/h3-6,11,15,19H,7,18H2,1-2H3. The van der Waals surface area contributed by atoms with Crippen molar-refractivity contribution in [2.24, 2.45) is 5.73 Å². The zero-order valence-electron chi connectivity index (χ0n) is 11.4. The van der Waals surface area contributed by atoms with Crippen molar-refractivity contribution in [2.75, 3.05) is 6.54 Å². The maximum atomic E-state index is 14.0. The average Bonchev–Trinajstić information content (AvgIpc) is 2.72. The minimum absolute atomic E-state index is 0.0749. The van der Waals surface area contributed by atoms with E-state index in [4.69, 9.17) is 21.8 Å². The molecule has 0 fully saturated rings. The van der Waals surface area contributed by atoms with Gasteiger partial charge in [0, 0.05) is 28.6 Å². The van der Waals surface area contributed by atoms with Crippen molar-refractivity contribution in [3.8, 4) is 0 Å². The molecule has 2 rings (SSSR count). The molecule has 2 atom stereocenters. The SMILES string of the molecule is Cc1cc(C(O)C(CN)c2c(F)cccc2Cl)c(C)o1. The van der Waals surface area contributed by atoms with Gasteiger partial charge in [-0.05, 0) is 32.0 Å². The minimum atomic E-state index is -0.966. The zero-order chi connectivity index (χ0) is 14.9. The third-order valence-corrected chi connectivity index (χ3v) is 3.73. The van der Waals surface area contributed by atoms with Gasteiger partial charge in [-0.2, -0.15) is 0 Å². The van der Waals surface area contributed by atoms with Gasteiger partial charge in [0.15, 0.2) is 0 Å². The van der Waals surface area contributed by atoms with E-state index in [-0.39, 0.29) is 17.1 Å². The molecule has 108 valence electrons. The minimum Gasteiger partial charge on any atom is -0.466 e. The van der Waals surface area contributed by atoms with E-state index in [2.05, 4.69) is 0 Å². The summed E-state index contributed by atoms with van der Waals surface area (Å²) in [5, 5.41) is 10.8. The molecule has 0 saturated carbocycles.